The van der Waals surface area contributed by atoms with E-state index in [1.807, 2.05) is 30.3 Å². The minimum absolute atomic E-state index is 0.164. The van der Waals surface area contributed by atoms with Gasteiger partial charge in [0.25, 0.3) is 0 Å². The highest BCUT2D eigenvalue weighted by atomic mass is 32.2. The fourth-order valence-corrected chi connectivity index (χ4v) is 4.41. The molecular formula is C20H21NO5S. The average Bonchev–Trinajstić information content (AvgIpc) is 2.97. The molecule has 2 heterocycles. The highest BCUT2D eigenvalue weighted by molar-refractivity contribution is 7.89. The highest BCUT2D eigenvalue weighted by Crippen LogP contribution is 2.35. The lowest BCUT2D eigenvalue weighted by atomic mass is 10.2. The molecule has 0 saturated heterocycles. The van der Waals surface area contributed by atoms with Crippen LogP contribution >= 0.6 is 0 Å². The first-order valence-corrected chi connectivity index (χ1v) is 10.3. The second-order valence-corrected chi connectivity index (χ2v) is 8.54. The summed E-state index contributed by atoms with van der Waals surface area (Å²) in [6.07, 6.45) is 0.764. The van der Waals surface area contributed by atoms with Gasteiger partial charge in [0.2, 0.25) is 10.0 Å². The lowest BCUT2D eigenvalue weighted by Crippen LogP contribution is -2.29. The number of fused-ring (bicyclic) bond motifs is 2. The van der Waals surface area contributed by atoms with E-state index < -0.39 is 16.1 Å². The Hall–Kier alpha value is -2.51. The van der Waals surface area contributed by atoms with Crippen molar-refractivity contribution in [2.45, 2.75) is 24.3 Å². The van der Waals surface area contributed by atoms with Crippen LogP contribution in [0.3, 0.4) is 0 Å². The van der Waals surface area contributed by atoms with Gasteiger partial charge >= 0.3 is 0 Å². The maximum atomic E-state index is 13.1. The molecule has 0 spiro atoms. The number of sulfonamides is 1. The zero-order chi connectivity index (χ0) is 19.0. The van der Waals surface area contributed by atoms with Crippen LogP contribution in [0.4, 0.5) is 0 Å². The van der Waals surface area contributed by atoms with E-state index in [-0.39, 0.29) is 4.90 Å². The molecule has 0 bridgehead atoms. The van der Waals surface area contributed by atoms with Gasteiger partial charge in [0.1, 0.15) is 11.3 Å². The standard InChI is InChI=1S/C20H21NO5S/c1-14(19-12-15-6-3-4-7-17(15)26-19)21(2)27(22,23)16-8-9-18-20(13-16)25-11-5-10-24-18/h3-4,6-9,12-14H,5,10-11H2,1-2H3/t14-/m1/s1. The lowest BCUT2D eigenvalue weighted by molar-refractivity contribution is 0.296. The van der Waals surface area contributed by atoms with E-state index in [1.165, 1.54) is 10.4 Å². The van der Waals surface area contributed by atoms with Gasteiger partial charge in [0.15, 0.2) is 11.5 Å². The molecule has 4 rings (SSSR count). The number of nitrogens with zero attached hydrogens (tertiary/aromatic N) is 1. The summed E-state index contributed by atoms with van der Waals surface area (Å²) < 4.78 is 44.6. The van der Waals surface area contributed by atoms with Crippen molar-refractivity contribution in [2.75, 3.05) is 20.3 Å². The van der Waals surface area contributed by atoms with Crippen LogP contribution in [0.5, 0.6) is 11.5 Å². The van der Waals surface area contributed by atoms with E-state index in [2.05, 4.69) is 0 Å². The molecule has 1 aliphatic rings. The predicted molar refractivity (Wildman–Crippen MR) is 102 cm³/mol. The second-order valence-electron chi connectivity index (χ2n) is 6.54. The van der Waals surface area contributed by atoms with Gasteiger partial charge in [-0.3, -0.25) is 0 Å². The van der Waals surface area contributed by atoms with Crippen LogP contribution in [0.25, 0.3) is 11.0 Å². The Labute approximate surface area is 158 Å². The molecule has 1 atom stereocenters. The number of ether oxygens (including phenoxy) is 2. The Morgan fingerprint density at radius 2 is 1.74 bits per heavy atom. The van der Waals surface area contributed by atoms with Crippen molar-refractivity contribution in [2.24, 2.45) is 0 Å². The quantitative estimate of drug-likeness (QED) is 0.677. The third kappa shape index (κ3) is 3.28. The lowest BCUT2D eigenvalue weighted by Gasteiger charge is -2.23. The van der Waals surface area contributed by atoms with Crippen molar-refractivity contribution in [3.63, 3.8) is 0 Å². The van der Waals surface area contributed by atoms with Gasteiger partial charge in [-0.1, -0.05) is 18.2 Å². The van der Waals surface area contributed by atoms with Crippen LogP contribution in [0, 0.1) is 0 Å². The molecular weight excluding hydrogens is 366 g/mol. The zero-order valence-corrected chi connectivity index (χ0v) is 16.0. The summed E-state index contributed by atoms with van der Waals surface area (Å²) in [7, 11) is -2.18. The smallest absolute Gasteiger partial charge is 0.243 e. The molecule has 3 aromatic rings. The van der Waals surface area contributed by atoms with E-state index in [0.29, 0.717) is 30.5 Å². The van der Waals surface area contributed by atoms with E-state index in [4.69, 9.17) is 13.9 Å². The highest BCUT2D eigenvalue weighted by Gasteiger charge is 2.29. The van der Waals surface area contributed by atoms with Crippen LogP contribution < -0.4 is 9.47 Å². The van der Waals surface area contributed by atoms with Gasteiger partial charge < -0.3 is 13.9 Å². The molecule has 0 N–H and O–H groups in total. The summed E-state index contributed by atoms with van der Waals surface area (Å²) >= 11 is 0. The molecule has 7 heteroatoms. The number of furan rings is 1. The fraction of sp³-hybridized carbons (Fsp3) is 0.300. The fourth-order valence-electron chi connectivity index (χ4n) is 3.07. The molecule has 0 saturated carbocycles. The summed E-state index contributed by atoms with van der Waals surface area (Å²) in [5.41, 5.74) is 0.737. The van der Waals surface area contributed by atoms with Crippen molar-refractivity contribution in [1.29, 1.82) is 0 Å². The summed E-state index contributed by atoms with van der Waals surface area (Å²) in [4.78, 5) is 0.164. The van der Waals surface area contributed by atoms with E-state index in [9.17, 15) is 8.42 Å². The first kappa shape index (κ1) is 17.9. The van der Waals surface area contributed by atoms with Gasteiger partial charge in [-0.05, 0) is 31.2 Å². The minimum Gasteiger partial charge on any atom is -0.490 e. The zero-order valence-electron chi connectivity index (χ0n) is 15.2. The summed E-state index contributed by atoms with van der Waals surface area (Å²) in [5.74, 6) is 1.62. The van der Waals surface area contributed by atoms with Crippen LogP contribution in [0.2, 0.25) is 0 Å². The summed E-state index contributed by atoms with van der Waals surface area (Å²) in [6.45, 7) is 2.86. The molecule has 0 amide bonds. The molecule has 2 aromatic carbocycles. The Balaban J connectivity index is 1.65. The van der Waals surface area contributed by atoms with E-state index in [1.54, 1.807) is 26.1 Å². The van der Waals surface area contributed by atoms with E-state index >= 15 is 0 Å². The molecule has 0 radical (unpaired) electrons. The Bertz CT molecular complexity index is 1040. The monoisotopic (exact) mass is 387 g/mol. The van der Waals surface area contributed by atoms with Crippen molar-refractivity contribution in [3.05, 3.63) is 54.3 Å². The van der Waals surface area contributed by atoms with Crippen LogP contribution in [0.1, 0.15) is 25.1 Å². The van der Waals surface area contributed by atoms with Crippen molar-refractivity contribution in [1.82, 2.24) is 4.31 Å². The molecule has 1 aromatic heterocycles. The minimum atomic E-state index is -3.73. The van der Waals surface area contributed by atoms with Crippen LogP contribution in [0.15, 0.2) is 57.8 Å². The molecule has 0 aliphatic carbocycles. The van der Waals surface area contributed by atoms with Crippen LogP contribution in [-0.4, -0.2) is 33.0 Å². The third-order valence-corrected chi connectivity index (χ3v) is 6.72. The Morgan fingerprint density at radius 1 is 1.00 bits per heavy atom. The SMILES string of the molecule is C[C@H](c1cc2ccccc2o1)N(C)S(=O)(=O)c1ccc2c(c1)OCCCO2. The normalized spacial score (nSPS) is 15.7. The predicted octanol–water partition coefficient (Wildman–Crippen LogP) is 3.98. The summed E-state index contributed by atoms with van der Waals surface area (Å²) in [6, 6.07) is 13.7. The number of hydrogen-bond acceptors (Lipinski definition) is 5. The number of hydrogen-bond donors (Lipinski definition) is 0. The Morgan fingerprint density at radius 3 is 2.52 bits per heavy atom. The number of benzene rings is 2. The third-order valence-electron chi connectivity index (χ3n) is 4.80. The maximum Gasteiger partial charge on any atom is 0.243 e. The maximum absolute atomic E-state index is 13.1. The van der Waals surface area contributed by atoms with Gasteiger partial charge in [0, 0.05) is 24.9 Å². The van der Waals surface area contributed by atoms with Crippen molar-refractivity contribution in [3.8, 4) is 11.5 Å². The first-order chi connectivity index (χ1) is 13.0. The van der Waals surface area contributed by atoms with E-state index in [0.717, 1.165) is 17.4 Å². The number of para-hydroxylation sites is 1. The van der Waals surface area contributed by atoms with Gasteiger partial charge in [-0.15, -0.1) is 0 Å². The summed E-state index contributed by atoms with van der Waals surface area (Å²) in [5, 5.41) is 0.945. The molecule has 0 unspecified atom stereocenters. The van der Waals surface area contributed by atoms with Gasteiger partial charge in [-0.25, -0.2) is 8.42 Å². The molecule has 0 fully saturated rings. The molecule has 27 heavy (non-hydrogen) atoms. The number of rotatable bonds is 4. The average molecular weight is 387 g/mol. The van der Waals surface area contributed by atoms with Gasteiger partial charge in [0.05, 0.1) is 24.2 Å². The topological polar surface area (TPSA) is 69.0 Å². The molecule has 6 nitrogen and oxygen atoms in total. The molecule has 142 valence electrons. The van der Waals surface area contributed by atoms with Crippen molar-refractivity contribution >= 4 is 21.0 Å². The van der Waals surface area contributed by atoms with Crippen LogP contribution in [-0.2, 0) is 10.0 Å². The first-order valence-electron chi connectivity index (χ1n) is 8.83. The molecule has 1 aliphatic heterocycles. The largest absolute Gasteiger partial charge is 0.490 e. The van der Waals surface area contributed by atoms with Crippen molar-refractivity contribution < 1.29 is 22.3 Å². The second kappa shape index (κ2) is 6.90. The Kier molecular flexibility index (Phi) is 4.57. The van der Waals surface area contributed by atoms with Gasteiger partial charge in [-0.2, -0.15) is 4.31 Å².